The number of ether oxygens (including phenoxy) is 2. The van der Waals surface area contributed by atoms with Crippen LogP contribution in [0.15, 0.2) is 18.3 Å². The highest BCUT2D eigenvalue weighted by molar-refractivity contribution is 5.28. The van der Waals surface area contributed by atoms with Gasteiger partial charge in [-0.05, 0) is 0 Å². The van der Waals surface area contributed by atoms with Crippen molar-refractivity contribution in [3.8, 4) is 5.88 Å². The lowest BCUT2D eigenvalue weighted by Gasteiger charge is -2.26. The molecule has 0 spiro atoms. The molecule has 7 heteroatoms. The topological polar surface area (TPSA) is 77.7 Å². The van der Waals surface area contributed by atoms with Gasteiger partial charge in [0.2, 0.25) is 5.88 Å². The molecule has 18 heavy (non-hydrogen) atoms. The van der Waals surface area contributed by atoms with Gasteiger partial charge in [0, 0.05) is 31.8 Å². The standard InChI is InChI=1S/C11H15N3O4/c15-14(16)10-1-2-11(12-9-10)18-8-5-13-3-6-17-7-4-13/h1-2,9H,3-8H2. The molecular formula is C11H15N3O4. The van der Waals surface area contributed by atoms with Crippen LogP contribution >= 0.6 is 0 Å². The van der Waals surface area contributed by atoms with Gasteiger partial charge in [-0.2, -0.15) is 0 Å². The van der Waals surface area contributed by atoms with Crippen LogP contribution in [0.1, 0.15) is 0 Å². The molecule has 0 bridgehead atoms. The van der Waals surface area contributed by atoms with E-state index in [-0.39, 0.29) is 5.69 Å². The predicted molar refractivity (Wildman–Crippen MR) is 63.6 cm³/mol. The van der Waals surface area contributed by atoms with Crippen LogP contribution in [0.2, 0.25) is 0 Å². The SMILES string of the molecule is O=[N+]([O-])c1ccc(OCCN2CCOCC2)nc1. The molecule has 1 fully saturated rings. The van der Waals surface area contributed by atoms with Gasteiger partial charge in [0.25, 0.3) is 5.69 Å². The Kier molecular flexibility index (Phi) is 4.43. The van der Waals surface area contributed by atoms with E-state index in [2.05, 4.69) is 9.88 Å². The third kappa shape index (κ3) is 3.64. The van der Waals surface area contributed by atoms with Crippen LogP contribution in [0.25, 0.3) is 0 Å². The molecule has 98 valence electrons. The molecule has 1 aromatic rings. The molecule has 0 N–H and O–H groups in total. The van der Waals surface area contributed by atoms with E-state index in [4.69, 9.17) is 9.47 Å². The van der Waals surface area contributed by atoms with Crippen LogP contribution < -0.4 is 4.74 Å². The summed E-state index contributed by atoms with van der Waals surface area (Å²) in [4.78, 5) is 16.1. The first-order valence-corrected chi connectivity index (χ1v) is 5.79. The first-order chi connectivity index (χ1) is 8.75. The summed E-state index contributed by atoms with van der Waals surface area (Å²) in [5, 5.41) is 10.4. The number of hydrogen-bond acceptors (Lipinski definition) is 6. The Balaban J connectivity index is 1.74. The number of morpholine rings is 1. The van der Waals surface area contributed by atoms with E-state index in [1.807, 2.05) is 0 Å². The fourth-order valence-corrected chi connectivity index (χ4v) is 1.67. The van der Waals surface area contributed by atoms with Gasteiger partial charge < -0.3 is 9.47 Å². The molecular weight excluding hydrogens is 238 g/mol. The van der Waals surface area contributed by atoms with Crippen LogP contribution in [-0.2, 0) is 4.74 Å². The molecule has 7 nitrogen and oxygen atoms in total. The molecule has 2 rings (SSSR count). The highest BCUT2D eigenvalue weighted by atomic mass is 16.6. The van der Waals surface area contributed by atoms with Crippen LogP contribution in [0.4, 0.5) is 5.69 Å². The van der Waals surface area contributed by atoms with Gasteiger partial charge in [0.15, 0.2) is 0 Å². The molecule has 0 radical (unpaired) electrons. The summed E-state index contributed by atoms with van der Waals surface area (Å²) in [6, 6.07) is 2.90. The Labute approximate surface area is 104 Å². The van der Waals surface area contributed by atoms with Crippen LogP contribution in [0.5, 0.6) is 5.88 Å². The number of hydrogen-bond donors (Lipinski definition) is 0. The van der Waals surface area contributed by atoms with Crippen molar-refractivity contribution in [2.24, 2.45) is 0 Å². The summed E-state index contributed by atoms with van der Waals surface area (Å²) in [7, 11) is 0. The molecule has 1 aromatic heterocycles. The number of nitro groups is 1. The smallest absolute Gasteiger partial charge is 0.287 e. The van der Waals surface area contributed by atoms with E-state index >= 15 is 0 Å². The highest BCUT2D eigenvalue weighted by Gasteiger charge is 2.10. The van der Waals surface area contributed by atoms with E-state index in [1.165, 1.54) is 18.3 Å². The molecule has 0 saturated carbocycles. The Morgan fingerprint density at radius 3 is 2.83 bits per heavy atom. The molecule has 0 unspecified atom stereocenters. The molecule has 0 amide bonds. The van der Waals surface area contributed by atoms with Crippen LogP contribution in [0, 0.1) is 10.1 Å². The summed E-state index contributed by atoms with van der Waals surface area (Å²) in [5.41, 5.74) is -0.0319. The lowest BCUT2D eigenvalue weighted by Crippen LogP contribution is -2.38. The molecule has 1 aliphatic rings. The van der Waals surface area contributed by atoms with Crippen molar-refractivity contribution in [1.29, 1.82) is 0 Å². The minimum absolute atomic E-state index is 0.0319. The second-order valence-electron chi connectivity index (χ2n) is 3.91. The third-order valence-electron chi connectivity index (χ3n) is 2.69. The maximum absolute atomic E-state index is 10.4. The van der Waals surface area contributed by atoms with Crippen LogP contribution in [-0.4, -0.2) is 54.3 Å². The highest BCUT2D eigenvalue weighted by Crippen LogP contribution is 2.13. The lowest BCUT2D eigenvalue weighted by molar-refractivity contribution is -0.385. The number of nitrogens with zero attached hydrogens (tertiary/aromatic N) is 3. The van der Waals surface area contributed by atoms with Gasteiger partial charge >= 0.3 is 0 Å². The van der Waals surface area contributed by atoms with Crippen molar-refractivity contribution in [1.82, 2.24) is 9.88 Å². The van der Waals surface area contributed by atoms with Gasteiger partial charge in [-0.1, -0.05) is 0 Å². The van der Waals surface area contributed by atoms with Crippen molar-refractivity contribution in [2.75, 3.05) is 39.5 Å². The second kappa shape index (κ2) is 6.27. The third-order valence-corrected chi connectivity index (χ3v) is 2.69. The molecule has 0 atom stereocenters. The zero-order valence-electron chi connectivity index (χ0n) is 9.95. The second-order valence-corrected chi connectivity index (χ2v) is 3.91. The van der Waals surface area contributed by atoms with Crippen molar-refractivity contribution in [3.05, 3.63) is 28.4 Å². The van der Waals surface area contributed by atoms with Crippen LogP contribution in [0.3, 0.4) is 0 Å². The van der Waals surface area contributed by atoms with Gasteiger partial charge in [-0.25, -0.2) is 4.98 Å². The van der Waals surface area contributed by atoms with E-state index in [0.717, 1.165) is 32.8 Å². The quantitative estimate of drug-likeness (QED) is 0.568. The fraction of sp³-hybridized carbons (Fsp3) is 0.545. The summed E-state index contributed by atoms with van der Waals surface area (Å²) in [5.74, 6) is 0.411. The van der Waals surface area contributed by atoms with Gasteiger partial charge in [-0.3, -0.25) is 15.0 Å². The first kappa shape index (κ1) is 12.7. The molecule has 1 aliphatic heterocycles. The van der Waals surface area contributed by atoms with Crippen molar-refractivity contribution < 1.29 is 14.4 Å². The maximum atomic E-state index is 10.4. The fourth-order valence-electron chi connectivity index (χ4n) is 1.67. The largest absolute Gasteiger partial charge is 0.476 e. The Hall–Kier alpha value is -1.73. The Morgan fingerprint density at radius 2 is 2.22 bits per heavy atom. The molecule has 0 aromatic carbocycles. The maximum Gasteiger partial charge on any atom is 0.287 e. The number of pyridine rings is 1. The minimum atomic E-state index is -0.482. The normalized spacial score (nSPS) is 16.4. The summed E-state index contributed by atoms with van der Waals surface area (Å²) >= 11 is 0. The molecule has 1 saturated heterocycles. The zero-order chi connectivity index (χ0) is 12.8. The van der Waals surface area contributed by atoms with Gasteiger partial charge in [-0.15, -0.1) is 0 Å². The van der Waals surface area contributed by atoms with Crippen molar-refractivity contribution in [2.45, 2.75) is 0 Å². The van der Waals surface area contributed by atoms with Gasteiger partial charge in [0.1, 0.15) is 12.8 Å². The average Bonchev–Trinajstić information content (AvgIpc) is 2.40. The van der Waals surface area contributed by atoms with Crippen molar-refractivity contribution in [3.63, 3.8) is 0 Å². The monoisotopic (exact) mass is 253 g/mol. The van der Waals surface area contributed by atoms with E-state index < -0.39 is 4.92 Å². The zero-order valence-corrected chi connectivity index (χ0v) is 9.95. The lowest BCUT2D eigenvalue weighted by atomic mass is 10.4. The Morgan fingerprint density at radius 1 is 1.44 bits per heavy atom. The van der Waals surface area contributed by atoms with E-state index in [9.17, 15) is 10.1 Å². The number of rotatable bonds is 5. The first-order valence-electron chi connectivity index (χ1n) is 5.79. The summed E-state index contributed by atoms with van der Waals surface area (Å²) in [6.07, 6.45) is 1.20. The van der Waals surface area contributed by atoms with E-state index in [0.29, 0.717) is 12.5 Å². The summed E-state index contributed by atoms with van der Waals surface area (Å²) in [6.45, 7) is 4.67. The van der Waals surface area contributed by atoms with Gasteiger partial charge in [0.05, 0.1) is 18.1 Å². The number of aromatic nitrogens is 1. The predicted octanol–water partition coefficient (Wildman–Crippen LogP) is 0.701. The molecule has 2 heterocycles. The van der Waals surface area contributed by atoms with E-state index in [1.54, 1.807) is 0 Å². The molecule has 0 aliphatic carbocycles. The Bertz CT molecular complexity index is 390. The van der Waals surface area contributed by atoms with Crippen molar-refractivity contribution >= 4 is 5.69 Å². The minimum Gasteiger partial charge on any atom is -0.476 e. The summed E-state index contributed by atoms with van der Waals surface area (Å²) < 4.78 is 10.7. The average molecular weight is 253 g/mol.